The smallest absolute Gasteiger partial charge is 0.257 e. The highest BCUT2D eigenvalue weighted by Gasteiger charge is 2.10. The van der Waals surface area contributed by atoms with E-state index in [0.29, 0.717) is 15.6 Å². The van der Waals surface area contributed by atoms with E-state index in [-0.39, 0.29) is 5.91 Å². The summed E-state index contributed by atoms with van der Waals surface area (Å²) >= 11 is 11.7. The fourth-order valence-electron chi connectivity index (χ4n) is 1.39. The van der Waals surface area contributed by atoms with Gasteiger partial charge in [-0.1, -0.05) is 41.4 Å². The molecular formula is C13H9Cl2NO. The Bertz CT molecular complexity index is 540. The van der Waals surface area contributed by atoms with Gasteiger partial charge in [0.2, 0.25) is 0 Å². The number of amides is 1. The van der Waals surface area contributed by atoms with Crippen molar-refractivity contribution in [2.75, 3.05) is 5.32 Å². The number of carbonyl (C=O) groups excluding carboxylic acids is 1. The highest BCUT2D eigenvalue weighted by atomic mass is 35.5. The maximum Gasteiger partial charge on any atom is 0.257 e. The molecular weight excluding hydrogens is 257 g/mol. The molecule has 17 heavy (non-hydrogen) atoms. The van der Waals surface area contributed by atoms with Gasteiger partial charge in [-0.15, -0.1) is 0 Å². The third-order valence-electron chi connectivity index (χ3n) is 2.21. The summed E-state index contributed by atoms with van der Waals surface area (Å²) in [5, 5.41) is 3.60. The first-order valence-corrected chi connectivity index (χ1v) is 5.74. The minimum Gasteiger partial charge on any atom is -0.322 e. The van der Waals surface area contributed by atoms with Crippen LogP contribution in [0.2, 0.25) is 10.0 Å². The van der Waals surface area contributed by atoms with E-state index in [0.717, 1.165) is 5.69 Å². The van der Waals surface area contributed by atoms with Crippen LogP contribution in [-0.2, 0) is 0 Å². The number of anilines is 1. The Labute approximate surface area is 109 Å². The molecule has 0 radical (unpaired) electrons. The third-order valence-corrected chi connectivity index (χ3v) is 2.76. The summed E-state index contributed by atoms with van der Waals surface area (Å²) in [5.74, 6) is -0.252. The van der Waals surface area contributed by atoms with Crippen molar-refractivity contribution in [1.82, 2.24) is 0 Å². The van der Waals surface area contributed by atoms with E-state index in [1.165, 1.54) is 0 Å². The average molecular weight is 266 g/mol. The summed E-state index contributed by atoms with van der Waals surface area (Å²) in [7, 11) is 0. The van der Waals surface area contributed by atoms with E-state index in [2.05, 4.69) is 5.32 Å². The predicted molar refractivity (Wildman–Crippen MR) is 70.9 cm³/mol. The predicted octanol–water partition coefficient (Wildman–Crippen LogP) is 4.25. The zero-order valence-electron chi connectivity index (χ0n) is 8.78. The highest BCUT2D eigenvalue weighted by molar-refractivity contribution is 6.37. The lowest BCUT2D eigenvalue weighted by Crippen LogP contribution is -2.12. The van der Waals surface area contributed by atoms with Crippen LogP contribution in [0.25, 0.3) is 0 Å². The second-order valence-corrected chi connectivity index (χ2v) is 4.29. The molecule has 4 heteroatoms. The number of nitrogens with one attached hydrogen (secondary N) is 1. The van der Waals surface area contributed by atoms with Gasteiger partial charge in [0.1, 0.15) is 0 Å². The Kier molecular flexibility index (Phi) is 3.67. The van der Waals surface area contributed by atoms with Gasteiger partial charge in [-0.25, -0.2) is 0 Å². The molecule has 0 heterocycles. The van der Waals surface area contributed by atoms with E-state index in [1.54, 1.807) is 18.2 Å². The Morgan fingerprint density at radius 2 is 1.71 bits per heavy atom. The Morgan fingerprint density at radius 1 is 1.00 bits per heavy atom. The lowest BCUT2D eigenvalue weighted by Gasteiger charge is -2.06. The molecule has 0 aliphatic rings. The number of hydrogen-bond donors (Lipinski definition) is 1. The zero-order chi connectivity index (χ0) is 12.3. The van der Waals surface area contributed by atoms with Crippen LogP contribution in [-0.4, -0.2) is 5.91 Å². The van der Waals surface area contributed by atoms with Crippen LogP contribution < -0.4 is 5.32 Å². The van der Waals surface area contributed by atoms with Crippen LogP contribution in [0.5, 0.6) is 0 Å². The van der Waals surface area contributed by atoms with Gasteiger partial charge in [-0.05, 0) is 30.3 Å². The summed E-state index contributed by atoms with van der Waals surface area (Å²) in [6.45, 7) is 0. The number of para-hydroxylation sites is 1. The van der Waals surface area contributed by atoms with Gasteiger partial charge >= 0.3 is 0 Å². The lowest BCUT2D eigenvalue weighted by molar-refractivity contribution is 0.102. The van der Waals surface area contributed by atoms with Crippen LogP contribution in [0.3, 0.4) is 0 Å². The maximum absolute atomic E-state index is 11.9. The Morgan fingerprint density at radius 3 is 2.35 bits per heavy atom. The average Bonchev–Trinajstić information content (AvgIpc) is 2.30. The molecule has 0 saturated carbocycles. The van der Waals surface area contributed by atoms with Crippen molar-refractivity contribution < 1.29 is 4.79 Å². The van der Waals surface area contributed by atoms with Gasteiger partial charge in [-0.2, -0.15) is 0 Å². The molecule has 0 unspecified atom stereocenters. The molecule has 86 valence electrons. The maximum atomic E-state index is 11.9. The number of benzene rings is 2. The van der Waals surface area contributed by atoms with Gasteiger partial charge in [0.25, 0.3) is 5.91 Å². The van der Waals surface area contributed by atoms with Crippen LogP contribution >= 0.6 is 23.2 Å². The van der Waals surface area contributed by atoms with Crippen molar-refractivity contribution >= 4 is 34.8 Å². The molecule has 0 aromatic heterocycles. The van der Waals surface area contributed by atoms with Crippen LogP contribution in [0.1, 0.15) is 10.4 Å². The van der Waals surface area contributed by atoms with Crippen LogP contribution in [0.15, 0.2) is 48.5 Å². The van der Waals surface area contributed by atoms with E-state index >= 15 is 0 Å². The van der Waals surface area contributed by atoms with Gasteiger partial charge in [0.05, 0.1) is 10.6 Å². The van der Waals surface area contributed by atoms with Crippen LogP contribution in [0, 0.1) is 0 Å². The largest absolute Gasteiger partial charge is 0.322 e. The third kappa shape index (κ3) is 2.99. The van der Waals surface area contributed by atoms with E-state index in [9.17, 15) is 4.79 Å². The summed E-state index contributed by atoms with van der Waals surface area (Å²) < 4.78 is 0. The Balaban J connectivity index is 2.21. The molecule has 1 amide bonds. The normalized spacial score (nSPS) is 10.0. The fourth-order valence-corrected chi connectivity index (χ4v) is 1.89. The van der Waals surface area contributed by atoms with E-state index in [1.807, 2.05) is 30.3 Å². The molecule has 0 saturated heterocycles. The van der Waals surface area contributed by atoms with Crippen LogP contribution in [0.4, 0.5) is 5.69 Å². The molecule has 0 aliphatic heterocycles. The molecule has 2 aromatic rings. The monoisotopic (exact) mass is 265 g/mol. The van der Waals surface area contributed by atoms with Crippen molar-refractivity contribution in [3.63, 3.8) is 0 Å². The number of rotatable bonds is 2. The molecule has 1 N–H and O–H groups in total. The highest BCUT2D eigenvalue weighted by Crippen LogP contribution is 2.21. The zero-order valence-corrected chi connectivity index (χ0v) is 10.3. The van der Waals surface area contributed by atoms with Crippen molar-refractivity contribution in [1.29, 1.82) is 0 Å². The summed E-state index contributed by atoms with van der Waals surface area (Å²) in [6, 6.07) is 14.0. The first-order chi connectivity index (χ1) is 8.16. The molecule has 2 aromatic carbocycles. The van der Waals surface area contributed by atoms with Crippen molar-refractivity contribution in [3.8, 4) is 0 Å². The second-order valence-electron chi connectivity index (χ2n) is 3.44. The first-order valence-electron chi connectivity index (χ1n) is 4.98. The summed E-state index contributed by atoms with van der Waals surface area (Å²) in [4.78, 5) is 11.9. The van der Waals surface area contributed by atoms with E-state index in [4.69, 9.17) is 23.2 Å². The van der Waals surface area contributed by atoms with E-state index < -0.39 is 0 Å². The van der Waals surface area contributed by atoms with Crippen molar-refractivity contribution in [3.05, 3.63) is 64.1 Å². The lowest BCUT2D eigenvalue weighted by atomic mass is 10.2. The fraction of sp³-hybridized carbons (Fsp3) is 0. The second kappa shape index (κ2) is 5.21. The molecule has 0 spiro atoms. The van der Waals surface area contributed by atoms with Crippen molar-refractivity contribution in [2.24, 2.45) is 0 Å². The quantitative estimate of drug-likeness (QED) is 0.865. The number of halogens is 2. The molecule has 0 atom stereocenters. The molecule has 0 aliphatic carbocycles. The minimum absolute atomic E-state index is 0.252. The molecule has 0 fully saturated rings. The van der Waals surface area contributed by atoms with Gasteiger partial charge in [-0.3, -0.25) is 4.79 Å². The minimum atomic E-state index is -0.252. The van der Waals surface area contributed by atoms with Gasteiger partial charge in [0.15, 0.2) is 0 Å². The van der Waals surface area contributed by atoms with Crippen molar-refractivity contribution in [2.45, 2.75) is 0 Å². The Hall–Kier alpha value is -1.51. The molecule has 2 rings (SSSR count). The molecule has 0 bridgehead atoms. The van der Waals surface area contributed by atoms with Gasteiger partial charge < -0.3 is 5.32 Å². The number of carbonyl (C=O) groups is 1. The van der Waals surface area contributed by atoms with Gasteiger partial charge in [0, 0.05) is 10.7 Å². The summed E-state index contributed by atoms with van der Waals surface area (Å²) in [5.41, 5.74) is 1.13. The number of hydrogen-bond acceptors (Lipinski definition) is 1. The SMILES string of the molecule is O=C(Nc1ccccc1)c1ccc(Cl)cc1Cl. The first kappa shape index (κ1) is 12.0. The summed E-state index contributed by atoms with van der Waals surface area (Å²) in [6.07, 6.45) is 0. The standard InChI is InChI=1S/C13H9Cl2NO/c14-9-6-7-11(12(15)8-9)13(17)16-10-4-2-1-3-5-10/h1-8H,(H,16,17). The molecule has 2 nitrogen and oxygen atoms in total. The topological polar surface area (TPSA) is 29.1 Å².